The van der Waals surface area contributed by atoms with Crippen LogP contribution in [-0.4, -0.2) is 18.0 Å². The fourth-order valence-electron chi connectivity index (χ4n) is 4.12. The highest BCUT2D eigenvalue weighted by Gasteiger charge is 2.63. The second-order valence-electron chi connectivity index (χ2n) is 5.92. The Bertz CT molecular complexity index is 583. The van der Waals surface area contributed by atoms with Crippen LogP contribution < -0.4 is 5.32 Å². The summed E-state index contributed by atoms with van der Waals surface area (Å²) in [6.07, 6.45) is 1.91. The molecule has 20 heavy (non-hydrogen) atoms. The lowest BCUT2D eigenvalue weighted by molar-refractivity contribution is -0.145. The smallest absolute Gasteiger partial charge is 0.310 e. The summed E-state index contributed by atoms with van der Waals surface area (Å²) in [6, 6.07) is 7.69. The maximum atomic E-state index is 12.5. The van der Waals surface area contributed by atoms with E-state index < -0.39 is 0 Å². The highest BCUT2D eigenvalue weighted by atomic mass is 127. The second kappa shape index (κ2) is 4.44. The SMILES string of the molecule is O=C(Nc1ccc(I)cc1)[C@@H]1[C@@H]2C[C@@H]3[C@H]1C(=O)O[C@@H]3C2. The van der Waals surface area contributed by atoms with Crippen molar-refractivity contribution < 1.29 is 14.3 Å². The summed E-state index contributed by atoms with van der Waals surface area (Å²) in [6.45, 7) is 0. The Morgan fingerprint density at radius 3 is 2.75 bits per heavy atom. The lowest BCUT2D eigenvalue weighted by Gasteiger charge is -2.23. The minimum Gasteiger partial charge on any atom is -0.462 e. The molecule has 1 aromatic carbocycles. The number of hydrogen-bond donors (Lipinski definition) is 1. The Morgan fingerprint density at radius 2 is 2.00 bits per heavy atom. The fourth-order valence-corrected chi connectivity index (χ4v) is 4.48. The molecule has 1 saturated heterocycles. The summed E-state index contributed by atoms with van der Waals surface area (Å²) in [5, 5.41) is 2.95. The Kier molecular flexibility index (Phi) is 2.80. The minimum atomic E-state index is -0.206. The van der Waals surface area contributed by atoms with E-state index in [2.05, 4.69) is 27.9 Å². The summed E-state index contributed by atoms with van der Waals surface area (Å²) in [4.78, 5) is 24.4. The molecule has 5 atom stereocenters. The van der Waals surface area contributed by atoms with E-state index in [0.29, 0.717) is 5.92 Å². The zero-order chi connectivity index (χ0) is 13.9. The van der Waals surface area contributed by atoms with Gasteiger partial charge in [0.05, 0.1) is 11.8 Å². The first-order valence-corrected chi connectivity index (χ1v) is 7.98. The Labute approximate surface area is 130 Å². The number of esters is 1. The summed E-state index contributed by atoms with van der Waals surface area (Å²) < 4.78 is 6.49. The molecule has 5 heteroatoms. The molecular formula is C15H14INO3. The molecule has 3 fully saturated rings. The number of hydrogen-bond acceptors (Lipinski definition) is 3. The predicted octanol–water partition coefficient (Wildman–Crippen LogP) is 2.43. The van der Waals surface area contributed by atoms with E-state index in [9.17, 15) is 9.59 Å². The van der Waals surface area contributed by atoms with Gasteiger partial charge in [0, 0.05) is 15.2 Å². The van der Waals surface area contributed by atoms with Crippen LogP contribution in [-0.2, 0) is 14.3 Å². The number of benzene rings is 1. The van der Waals surface area contributed by atoms with Gasteiger partial charge in [-0.15, -0.1) is 0 Å². The van der Waals surface area contributed by atoms with Crippen LogP contribution in [0.2, 0.25) is 0 Å². The van der Waals surface area contributed by atoms with Crippen molar-refractivity contribution in [2.75, 3.05) is 5.32 Å². The number of amides is 1. The largest absolute Gasteiger partial charge is 0.462 e. The van der Waals surface area contributed by atoms with Gasteiger partial charge in [-0.1, -0.05) is 0 Å². The van der Waals surface area contributed by atoms with Gasteiger partial charge in [0.25, 0.3) is 0 Å². The highest BCUT2D eigenvalue weighted by molar-refractivity contribution is 14.1. The van der Waals surface area contributed by atoms with E-state index in [1.807, 2.05) is 24.3 Å². The molecule has 1 aliphatic heterocycles. The first kappa shape index (κ1) is 12.6. The minimum absolute atomic E-state index is 0.0268. The Morgan fingerprint density at radius 1 is 1.25 bits per heavy atom. The van der Waals surface area contributed by atoms with Crippen LogP contribution in [0.15, 0.2) is 24.3 Å². The van der Waals surface area contributed by atoms with E-state index in [4.69, 9.17) is 4.74 Å². The number of nitrogens with one attached hydrogen (secondary N) is 1. The molecule has 3 aliphatic rings. The number of halogens is 1. The van der Waals surface area contributed by atoms with Gasteiger partial charge < -0.3 is 10.1 Å². The van der Waals surface area contributed by atoms with E-state index in [-0.39, 0.29) is 35.7 Å². The highest BCUT2D eigenvalue weighted by Crippen LogP contribution is 2.57. The van der Waals surface area contributed by atoms with Gasteiger partial charge in [0.1, 0.15) is 6.10 Å². The average Bonchev–Trinajstić information content (AvgIpc) is 3.02. The third-order valence-electron chi connectivity index (χ3n) is 4.90. The summed E-state index contributed by atoms with van der Waals surface area (Å²) in [7, 11) is 0. The quantitative estimate of drug-likeness (QED) is 0.631. The van der Waals surface area contributed by atoms with Crippen molar-refractivity contribution in [1.82, 2.24) is 0 Å². The number of anilines is 1. The first-order valence-electron chi connectivity index (χ1n) is 6.90. The lowest BCUT2D eigenvalue weighted by atomic mass is 9.79. The lowest BCUT2D eigenvalue weighted by Crippen LogP contribution is -2.35. The third-order valence-corrected chi connectivity index (χ3v) is 5.62. The molecule has 104 valence electrons. The van der Waals surface area contributed by atoms with Crippen LogP contribution in [0.5, 0.6) is 0 Å². The molecule has 4 nitrogen and oxygen atoms in total. The maximum absolute atomic E-state index is 12.5. The number of rotatable bonds is 2. The van der Waals surface area contributed by atoms with Crippen LogP contribution >= 0.6 is 22.6 Å². The molecule has 2 bridgehead atoms. The van der Waals surface area contributed by atoms with E-state index in [0.717, 1.165) is 22.1 Å². The van der Waals surface area contributed by atoms with Crippen molar-refractivity contribution in [3.05, 3.63) is 27.8 Å². The first-order chi connectivity index (χ1) is 9.63. The van der Waals surface area contributed by atoms with Gasteiger partial charge >= 0.3 is 5.97 Å². The molecule has 1 aromatic rings. The van der Waals surface area contributed by atoms with Crippen LogP contribution in [0.4, 0.5) is 5.69 Å². The molecule has 2 saturated carbocycles. The van der Waals surface area contributed by atoms with Crippen molar-refractivity contribution in [2.24, 2.45) is 23.7 Å². The standard InChI is InChI=1S/C15H14INO3/c16-8-1-3-9(4-2-8)17-14(18)12-7-5-10-11(6-7)20-15(19)13(10)12/h1-4,7,10-13H,5-6H2,(H,17,18)/t7-,10+,11-,12-,13-/m1/s1. The Balaban J connectivity index is 1.54. The van der Waals surface area contributed by atoms with E-state index in [1.165, 1.54) is 0 Å². The van der Waals surface area contributed by atoms with Gasteiger partial charge in [-0.05, 0) is 65.6 Å². The van der Waals surface area contributed by atoms with Crippen LogP contribution in [0, 0.1) is 27.2 Å². The number of ether oxygens (including phenoxy) is 1. The molecule has 1 N–H and O–H groups in total. The Hall–Kier alpha value is -1.11. The van der Waals surface area contributed by atoms with Crippen molar-refractivity contribution in [3.63, 3.8) is 0 Å². The third kappa shape index (κ3) is 1.78. The molecule has 0 spiro atoms. The summed E-state index contributed by atoms with van der Waals surface area (Å²) >= 11 is 2.23. The zero-order valence-electron chi connectivity index (χ0n) is 10.7. The molecule has 1 heterocycles. The number of carbonyl (C=O) groups excluding carboxylic acids is 2. The molecule has 2 aliphatic carbocycles. The fraction of sp³-hybridized carbons (Fsp3) is 0.467. The van der Waals surface area contributed by atoms with Crippen LogP contribution in [0.3, 0.4) is 0 Å². The molecule has 4 rings (SSSR count). The predicted molar refractivity (Wildman–Crippen MR) is 80.9 cm³/mol. The summed E-state index contributed by atoms with van der Waals surface area (Å²) in [5.74, 6) is -0.0119. The van der Waals surface area contributed by atoms with Crippen molar-refractivity contribution in [2.45, 2.75) is 18.9 Å². The van der Waals surface area contributed by atoms with Crippen molar-refractivity contribution in [1.29, 1.82) is 0 Å². The van der Waals surface area contributed by atoms with E-state index >= 15 is 0 Å². The van der Waals surface area contributed by atoms with E-state index in [1.54, 1.807) is 0 Å². The summed E-state index contributed by atoms with van der Waals surface area (Å²) in [5.41, 5.74) is 0.793. The normalized spacial score (nSPS) is 37.0. The molecule has 0 radical (unpaired) electrons. The van der Waals surface area contributed by atoms with Crippen LogP contribution in [0.25, 0.3) is 0 Å². The van der Waals surface area contributed by atoms with Gasteiger partial charge in [-0.25, -0.2) is 0 Å². The zero-order valence-corrected chi connectivity index (χ0v) is 12.9. The van der Waals surface area contributed by atoms with Gasteiger partial charge in [0.2, 0.25) is 5.91 Å². The number of carbonyl (C=O) groups is 2. The van der Waals surface area contributed by atoms with Crippen molar-refractivity contribution >= 4 is 40.2 Å². The van der Waals surface area contributed by atoms with Gasteiger partial charge in [-0.3, -0.25) is 9.59 Å². The van der Waals surface area contributed by atoms with Crippen LogP contribution in [0.1, 0.15) is 12.8 Å². The van der Waals surface area contributed by atoms with Crippen molar-refractivity contribution in [3.8, 4) is 0 Å². The van der Waals surface area contributed by atoms with Gasteiger partial charge in [-0.2, -0.15) is 0 Å². The topological polar surface area (TPSA) is 55.4 Å². The number of fused-ring (bicyclic) bond motifs is 1. The molecule has 0 unspecified atom stereocenters. The molecule has 1 amide bonds. The molecule has 0 aromatic heterocycles. The second-order valence-corrected chi connectivity index (χ2v) is 7.16. The van der Waals surface area contributed by atoms with Gasteiger partial charge in [0.15, 0.2) is 0 Å². The monoisotopic (exact) mass is 383 g/mol. The molecular weight excluding hydrogens is 369 g/mol. The average molecular weight is 383 g/mol. The maximum Gasteiger partial charge on any atom is 0.310 e.